The highest BCUT2D eigenvalue weighted by Crippen LogP contribution is 2.33. The standard InChI is InChI=1S/C10H9F3INO/c1-15(2)9(16)7-4-3-6(14)5-8(7)10(11,12)13/h3-5H,1-2H3. The Bertz CT molecular complexity index is 415. The predicted octanol–water partition coefficient (Wildman–Crippen LogP) is 3.01. The molecule has 0 bridgehead atoms. The van der Waals surface area contributed by atoms with Gasteiger partial charge in [-0.25, -0.2) is 0 Å². The Morgan fingerprint density at radius 2 is 1.88 bits per heavy atom. The molecule has 0 spiro atoms. The van der Waals surface area contributed by atoms with Crippen LogP contribution < -0.4 is 0 Å². The number of carbonyl (C=O) groups is 1. The fourth-order valence-electron chi connectivity index (χ4n) is 1.18. The van der Waals surface area contributed by atoms with Gasteiger partial charge in [0, 0.05) is 17.7 Å². The van der Waals surface area contributed by atoms with Gasteiger partial charge in [-0.2, -0.15) is 13.2 Å². The summed E-state index contributed by atoms with van der Waals surface area (Å²) in [6.45, 7) is 0. The largest absolute Gasteiger partial charge is 0.417 e. The molecule has 0 saturated carbocycles. The maximum absolute atomic E-state index is 12.7. The first-order valence-electron chi connectivity index (χ1n) is 4.32. The topological polar surface area (TPSA) is 20.3 Å². The lowest BCUT2D eigenvalue weighted by molar-refractivity contribution is -0.138. The van der Waals surface area contributed by atoms with Crippen LogP contribution in [0.25, 0.3) is 0 Å². The molecule has 1 aromatic carbocycles. The van der Waals surface area contributed by atoms with E-state index < -0.39 is 17.6 Å². The summed E-state index contributed by atoms with van der Waals surface area (Å²) in [7, 11) is 2.83. The van der Waals surface area contributed by atoms with Gasteiger partial charge in [0.15, 0.2) is 0 Å². The second-order valence-electron chi connectivity index (χ2n) is 3.39. The normalized spacial score (nSPS) is 11.4. The highest BCUT2D eigenvalue weighted by atomic mass is 127. The summed E-state index contributed by atoms with van der Waals surface area (Å²) in [5.41, 5.74) is -1.21. The highest BCUT2D eigenvalue weighted by molar-refractivity contribution is 14.1. The summed E-state index contributed by atoms with van der Waals surface area (Å²) >= 11 is 1.78. The Morgan fingerprint density at radius 1 is 1.31 bits per heavy atom. The van der Waals surface area contributed by atoms with Crippen molar-refractivity contribution in [3.05, 3.63) is 32.9 Å². The number of benzene rings is 1. The molecule has 6 heteroatoms. The molecule has 88 valence electrons. The lowest BCUT2D eigenvalue weighted by Crippen LogP contribution is -2.25. The van der Waals surface area contributed by atoms with Crippen molar-refractivity contribution in [3.63, 3.8) is 0 Å². The van der Waals surface area contributed by atoms with Gasteiger partial charge in [0.2, 0.25) is 0 Å². The van der Waals surface area contributed by atoms with E-state index in [0.29, 0.717) is 3.57 Å². The third-order valence-electron chi connectivity index (χ3n) is 1.92. The summed E-state index contributed by atoms with van der Waals surface area (Å²) in [5.74, 6) is -0.649. The molecule has 0 heterocycles. The van der Waals surface area contributed by atoms with E-state index in [1.807, 2.05) is 0 Å². The Hall–Kier alpha value is -0.790. The number of halogens is 4. The number of nitrogens with zero attached hydrogens (tertiary/aromatic N) is 1. The summed E-state index contributed by atoms with van der Waals surface area (Å²) in [5, 5.41) is 0. The van der Waals surface area contributed by atoms with E-state index in [1.165, 1.54) is 26.2 Å². The fourth-order valence-corrected chi connectivity index (χ4v) is 1.67. The highest BCUT2D eigenvalue weighted by Gasteiger charge is 2.35. The Labute approximate surface area is 105 Å². The smallest absolute Gasteiger partial charge is 0.345 e. The van der Waals surface area contributed by atoms with Gasteiger partial charge >= 0.3 is 6.18 Å². The van der Waals surface area contributed by atoms with Crippen LogP contribution in [-0.4, -0.2) is 24.9 Å². The zero-order valence-electron chi connectivity index (χ0n) is 8.60. The van der Waals surface area contributed by atoms with E-state index in [2.05, 4.69) is 0 Å². The summed E-state index contributed by atoms with van der Waals surface area (Å²) in [4.78, 5) is 12.7. The average Bonchev–Trinajstić information content (AvgIpc) is 2.15. The molecule has 0 N–H and O–H groups in total. The molecule has 1 aromatic rings. The number of hydrogen-bond acceptors (Lipinski definition) is 1. The quantitative estimate of drug-likeness (QED) is 0.718. The molecule has 1 rings (SSSR count). The van der Waals surface area contributed by atoms with E-state index in [-0.39, 0.29) is 5.56 Å². The molecule has 0 aliphatic carbocycles. The number of carbonyl (C=O) groups excluding carboxylic acids is 1. The SMILES string of the molecule is CN(C)C(=O)c1ccc(I)cc1C(F)(F)F. The van der Waals surface area contributed by atoms with Crippen molar-refractivity contribution in [3.8, 4) is 0 Å². The minimum atomic E-state index is -4.51. The van der Waals surface area contributed by atoms with Crippen molar-refractivity contribution in [1.82, 2.24) is 4.90 Å². The van der Waals surface area contributed by atoms with Crippen LogP contribution in [0.2, 0.25) is 0 Å². The monoisotopic (exact) mass is 343 g/mol. The van der Waals surface area contributed by atoms with Gasteiger partial charge in [0.05, 0.1) is 11.1 Å². The summed E-state index contributed by atoms with van der Waals surface area (Å²) < 4.78 is 38.5. The van der Waals surface area contributed by atoms with Crippen molar-refractivity contribution in [2.24, 2.45) is 0 Å². The maximum Gasteiger partial charge on any atom is 0.417 e. The number of hydrogen-bond donors (Lipinski definition) is 0. The van der Waals surface area contributed by atoms with Crippen LogP contribution in [0, 0.1) is 3.57 Å². The fraction of sp³-hybridized carbons (Fsp3) is 0.300. The first kappa shape index (κ1) is 13.3. The Morgan fingerprint density at radius 3 is 2.31 bits per heavy atom. The van der Waals surface area contributed by atoms with Gasteiger partial charge in [0.25, 0.3) is 5.91 Å². The van der Waals surface area contributed by atoms with Crippen LogP contribution in [0.4, 0.5) is 13.2 Å². The van der Waals surface area contributed by atoms with E-state index in [0.717, 1.165) is 11.0 Å². The third-order valence-corrected chi connectivity index (χ3v) is 2.59. The van der Waals surface area contributed by atoms with Gasteiger partial charge in [-0.05, 0) is 40.8 Å². The van der Waals surface area contributed by atoms with E-state index >= 15 is 0 Å². The van der Waals surface area contributed by atoms with Crippen LogP contribution in [0.3, 0.4) is 0 Å². The molecular formula is C10H9F3INO. The molecular weight excluding hydrogens is 334 g/mol. The second-order valence-corrected chi connectivity index (χ2v) is 4.63. The van der Waals surface area contributed by atoms with E-state index in [4.69, 9.17) is 0 Å². The van der Waals surface area contributed by atoms with E-state index in [1.54, 1.807) is 22.6 Å². The average molecular weight is 343 g/mol. The van der Waals surface area contributed by atoms with Crippen LogP contribution in [0.5, 0.6) is 0 Å². The lowest BCUT2D eigenvalue weighted by atomic mass is 10.1. The molecule has 0 aliphatic heterocycles. The summed E-state index contributed by atoms with van der Waals surface area (Å²) in [6.07, 6.45) is -4.51. The maximum atomic E-state index is 12.7. The van der Waals surface area contributed by atoms with Crippen LogP contribution >= 0.6 is 22.6 Å². The van der Waals surface area contributed by atoms with Crippen LogP contribution in [0.1, 0.15) is 15.9 Å². The molecule has 0 aliphatic rings. The van der Waals surface area contributed by atoms with Gasteiger partial charge in [-0.3, -0.25) is 4.79 Å². The zero-order chi connectivity index (χ0) is 12.5. The van der Waals surface area contributed by atoms with Crippen LogP contribution in [0.15, 0.2) is 18.2 Å². The van der Waals surface area contributed by atoms with Gasteiger partial charge in [-0.1, -0.05) is 0 Å². The van der Waals surface area contributed by atoms with Crippen molar-refractivity contribution in [2.45, 2.75) is 6.18 Å². The molecule has 1 amide bonds. The Kier molecular flexibility index (Phi) is 3.82. The first-order chi connectivity index (χ1) is 7.23. The molecule has 0 atom stereocenters. The molecule has 0 radical (unpaired) electrons. The molecule has 0 fully saturated rings. The van der Waals surface area contributed by atoms with Crippen LogP contribution in [-0.2, 0) is 6.18 Å². The second kappa shape index (κ2) is 4.60. The van der Waals surface area contributed by atoms with Gasteiger partial charge < -0.3 is 4.90 Å². The zero-order valence-corrected chi connectivity index (χ0v) is 10.8. The van der Waals surface area contributed by atoms with Crippen molar-refractivity contribution < 1.29 is 18.0 Å². The minimum absolute atomic E-state index is 0.321. The summed E-state index contributed by atoms with van der Waals surface area (Å²) in [6, 6.07) is 3.65. The predicted molar refractivity (Wildman–Crippen MR) is 62.2 cm³/mol. The van der Waals surface area contributed by atoms with E-state index in [9.17, 15) is 18.0 Å². The third kappa shape index (κ3) is 2.87. The number of alkyl halides is 3. The van der Waals surface area contributed by atoms with Gasteiger partial charge in [0.1, 0.15) is 0 Å². The molecule has 0 saturated heterocycles. The minimum Gasteiger partial charge on any atom is -0.345 e. The van der Waals surface area contributed by atoms with Crippen molar-refractivity contribution in [1.29, 1.82) is 0 Å². The van der Waals surface area contributed by atoms with Crippen molar-refractivity contribution in [2.75, 3.05) is 14.1 Å². The lowest BCUT2D eigenvalue weighted by Gasteiger charge is -2.16. The molecule has 2 nitrogen and oxygen atoms in total. The Balaban J connectivity index is 3.34. The number of rotatable bonds is 1. The number of amides is 1. The first-order valence-corrected chi connectivity index (χ1v) is 5.39. The van der Waals surface area contributed by atoms with Gasteiger partial charge in [-0.15, -0.1) is 0 Å². The van der Waals surface area contributed by atoms with Crippen molar-refractivity contribution >= 4 is 28.5 Å². The molecule has 16 heavy (non-hydrogen) atoms. The molecule has 0 unspecified atom stereocenters. The molecule has 0 aromatic heterocycles.